The molecule has 3 N–H and O–H groups in total. The minimum absolute atomic E-state index is 0. The lowest BCUT2D eigenvalue weighted by Gasteiger charge is -2.14. The summed E-state index contributed by atoms with van der Waals surface area (Å²) in [5.74, 6) is -0.0599. The average molecular weight is 337 g/mol. The van der Waals surface area contributed by atoms with Gasteiger partial charge in [0.25, 0.3) is 5.91 Å². The van der Waals surface area contributed by atoms with Crippen molar-refractivity contribution in [3.05, 3.63) is 52.3 Å². The molecule has 0 saturated heterocycles. The van der Waals surface area contributed by atoms with E-state index in [4.69, 9.17) is 5.73 Å². The number of hydrogen-bond acceptors (Lipinski definition) is 3. The van der Waals surface area contributed by atoms with Crippen LogP contribution in [0.25, 0.3) is 0 Å². The molecule has 0 aliphatic carbocycles. The number of amides is 1. The summed E-state index contributed by atoms with van der Waals surface area (Å²) >= 11 is 0. The summed E-state index contributed by atoms with van der Waals surface area (Å²) in [5, 5.41) is 7.45. The van der Waals surface area contributed by atoms with Crippen LogP contribution < -0.4 is 11.1 Å². The Morgan fingerprint density at radius 2 is 1.91 bits per heavy atom. The first kappa shape index (κ1) is 19.2. The molecular formula is C17H25ClN4O. The van der Waals surface area contributed by atoms with Crippen LogP contribution in [-0.4, -0.2) is 21.7 Å². The summed E-state index contributed by atoms with van der Waals surface area (Å²) in [6, 6.07) is 7.43. The van der Waals surface area contributed by atoms with Gasteiger partial charge in [-0.05, 0) is 50.5 Å². The molecule has 0 spiro atoms. The van der Waals surface area contributed by atoms with Crippen molar-refractivity contribution < 1.29 is 4.79 Å². The second-order valence-corrected chi connectivity index (χ2v) is 5.75. The Kier molecular flexibility index (Phi) is 6.79. The molecule has 0 radical (unpaired) electrons. The Morgan fingerprint density at radius 1 is 1.30 bits per heavy atom. The van der Waals surface area contributed by atoms with Crippen LogP contribution in [0.5, 0.6) is 0 Å². The van der Waals surface area contributed by atoms with E-state index in [0.717, 1.165) is 23.4 Å². The Balaban J connectivity index is 0.00000264. The number of carbonyl (C=O) groups is 1. The summed E-state index contributed by atoms with van der Waals surface area (Å²) < 4.78 is 1.88. The zero-order chi connectivity index (χ0) is 16.3. The third-order valence-electron chi connectivity index (χ3n) is 4.00. The molecule has 1 aromatic heterocycles. The lowest BCUT2D eigenvalue weighted by Crippen LogP contribution is -2.34. The largest absolute Gasteiger partial charge is 0.349 e. The molecule has 126 valence electrons. The highest BCUT2D eigenvalue weighted by Gasteiger charge is 2.15. The molecule has 2 rings (SSSR count). The SMILES string of the molecule is Cc1nn(C)c(C)c1CC(C)NC(=O)c1ccc(CN)cc1.Cl. The van der Waals surface area contributed by atoms with E-state index < -0.39 is 0 Å². The quantitative estimate of drug-likeness (QED) is 0.879. The van der Waals surface area contributed by atoms with E-state index in [2.05, 4.69) is 17.3 Å². The van der Waals surface area contributed by atoms with Crippen molar-refractivity contribution in [3.63, 3.8) is 0 Å². The van der Waals surface area contributed by atoms with Gasteiger partial charge in [-0.15, -0.1) is 12.4 Å². The Hall–Kier alpha value is -1.85. The molecule has 6 heteroatoms. The molecule has 1 unspecified atom stereocenters. The number of nitrogens with two attached hydrogens (primary N) is 1. The fourth-order valence-corrected chi connectivity index (χ4v) is 2.57. The maximum atomic E-state index is 12.3. The van der Waals surface area contributed by atoms with E-state index in [1.54, 1.807) is 0 Å². The average Bonchev–Trinajstić information content (AvgIpc) is 2.73. The maximum absolute atomic E-state index is 12.3. The first-order valence-corrected chi connectivity index (χ1v) is 7.51. The summed E-state index contributed by atoms with van der Waals surface area (Å²) in [7, 11) is 1.94. The van der Waals surface area contributed by atoms with Gasteiger partial charge in [-0.2, -0.15) is 5.10 Å². The van der Waals surface area contributed by atoms with Crippen LogP contribution in [0.2, 0.25) is 0 Å². The van der Waals surface area contributed by atoms with E-state index in [1.165, 1.54) is 5.56 Å². The third-order valence-corrected chi connectivity index (χ3v) is 4.00. The van der Waals surface area contributed by atoms with Gasteiger partial charge in [0.1, 0.15) is 0 Å². The van der Waals surface area contributed by atoms with Gasteiger partial charge in [0, 0.05) is 30.9 Å². The van der Waals surface area contributed by atoms with Crippen molar-refractivity contribution in [3.8, 4) is 0 Å². The van der Waals surface area contributed by atoms with Gasteiger partial charge in [0.15, 0.2) is 0 Å². The molecular weight excluding hydrogens is 312 g/mol. The van der Waals surface area contributed by atoms with Crippen LogP contribution in [0.4, 0.5) is 0 Å². The van der Waals surface area contributed by atoms with Gasteiger partial charge in [0.05, 0.1) is 5.69 Å². The van der Waals surface area contributed by atoms with E-state index in [-0.39, 0.29) is 24.4 Å². The van der Waals surface area contributed by atoms with Crippen molar-refractivity contribution in [1.82, 2.24) is 15.1 Å². The molecule has 1 amide bonds. The van der Waals surface area contributed by atoms with E-state index in [0.29, 0.717) is 12.1 Å². The molecule has 1 atom stereocenters. The maximum Gasteiger partial charge on any atom is 0.251 e. The smallest absolute Gasteiger partial charge is 0.251 e. The number of carbonyl (C=O) groups excluding carboxylic acids is 1. The second-order valence-electron chi connectivity index (χ2n) is 5.75. The van der Waals surface area contributed by atoms with Crippen LogP contribution in [-0.2, 0) is 20.0 Å². The molecule has 1 aromatic carbocycles. The number of benzene rings is 1. The monoisotopic (exact) mass is 336 g/mol. The lowest BCUT2D eigenvalue weighted by atomic mass is 10.0. The van der Waals surface area contributed by atoms with Gasteiger partial charge in [-0.1, -0.05) is 12.1 Å². The standard InChI is InChI=1S/C17H24N4O.ClH/c1-11(9-16-12(2)20-21(4)13(16)3)19-17(22)15-7-5-14(10-18)6-8-15;/h5-8,11H,9-10,18H2,1-4H3,(H,19,22);1H. The number of halogens is 1. The highest BCUT2D eigenvalue weighted by molar-refractivity contribution is 5.94. The van der Waals surface area contributed by atoms with Crippen LogP contribution in [0.15, 0.2) is 24.3 Å². The number of nitrogens with one attached hydrogen (secondary N) is 1. The number of hydrogen-bond donors (Lipinski definition) is 2. The van der Waals surface area contributed by atoms with Crippen molar-refractivity contribution in [2.45, 2.75) is 39.8 Å². The number of rotatable bonds is 5. The van der Waals surface area contributed by atoms with E-state index in [1.807, 2.05) is 49.8 Å². The molecule has 23 heavy (non-hydrogen) atoms. The fourth-order valence-electron chi connectivity index (χ4n) is 2.57. The third kappa shape index (κ3) is 4.56. The normalized spacial score (nSPS) is 11.7. The fraction of sp³-hybridized carbons (Fsp3) is 0.412. The molecule has 5 nitrogen and oxygen atoms in total. The van der Waals surface area contributed by atoms with Gasteiger partial charge >= 0.3 is 0 Å². The molecule has 0 aliphatic heterocycles. The van der Waals surface area contributed by atoms with Gasteiger partial charge < -0.3 is 11.1 Å². The minimum atomic E-state index is -0.0599. The molecule has 0 aliphatic rings. The van der Waals surface area contributed by atoms with Crippen LogP contribution in [0.3, 0.4) is 0 Å². The minimum Gasteiger partial charge on any atom is -0.349 e. The lowest BCUT2D eigenvalue weighted by molar-refractivity contribution is 0.0940. The van der Waals surface area contributed by atoms with Crippen LogP contribution in [0, 0.1) is 13.8 Å². The molecule has 1 heterocycles. The summed E-state index contributed by atoms with van der Waals surface area (Å²) in [6.45, 7) is 6.55. The van der Waals surface area contributed by atoms with Crippen LogP contribution >= 0.6 is 12.4 Å². The zero-order valence-corrected chi connectivity index (χ0v) is 14.9. The van der Waals surface area contributed by atoms with Gasteiger partial charge in [-0.25, -0.2) is 0 Å². The van der Waals surface area contributed by atoms with E-state index >= 15 is 0 Å². The Labute approximate surface area is 143 Å². The molecule has 0 saturated carbocycles. The Morgan fingerprint density at radius 3 is 2.39 bits per heavy atom. The molecule has 0 fully saturated rings. The van der Waals surface area contributed by atoms with Gasteiger partial charge in [0.2, 0.25) is 0 Å². The van der Waals surface area contributed by atoms with Crippen LogP contribution in [0.1, 0.15) is 39.8 Å². The molecule has 0 bridgehead atoms. The number of aryl methyl sites for hydroxylation is 2. The van der Waals surface area contributed by atoms with Crippen molar-refractivity contribution in [2.24, 2.45) is 12.8 Å². The predicted molar refractivity (Wildman–Crippen MR) is 94.9 cm³/mol. The predicted octanol–water partition coefficient (Wildman–Crippen LogP) is 2.28. The zero-order valence-electron chi connectivity index (χ0n) is 14.1. The molecule has 2 aromatic rings. The second kappa shape index (κ2) is 8.13. The van der Waals surface area contributed by atoms with E-state index in [9.17, 15) is 4.79 Å². The first-order valence-electron chi connectivity index (χ1n) is 7.51. The highest BCUT2D eigenvalue weighted by Crippen LogP contribution is 2.14. The number of nitrogens with zero attached hydrogens (tertiary/aromatic N) is 2. The first-order chi connectivity index (χ1) is 10.4. The highest BCUT2D eigenvalue weighted by atomic mass is 35.5. The summed E-state index contributed by atoms with van der Waals surface area (Å²) in [4.78, 5) is 12.3. The summed E-state index contributed by atoms with van der Waals surface area (Å²) in [6.07, 6.45) is 0.776. The summed E-state index contributed by atoms with van der Waals surface area (Å²) in [5.41, 5.74) is 10.6. The van der Waals surface area contributed by atoms with Crippen molar-refractivity contribution in [1.29, 1.82) is 0 Å². The van der Waals surface area contributed by atoms with Gasteiger partial charge in [-0.3, -0.25) is 9.48 Å². The number of aromatic nitrogens is 2. The van der Waals surface area contributed by atoms with Crippen molar-refractivity contribution >= 4 is 18.3 Å². The topological polar surface area (TPSA) is 72.9 Å². The Bertz CT molecular complexity index is 664. The van der Waals surface area contributed by atoms with Crippen molar-refractivity contribution in [2.75, 3.05) is 0 Å².